The van der Waals surface area contributed by atoms with Crippen LogP contribution in [-0.4, -0.2) is 40.2 Å². The fraction of sp³-hybridized carbons (Fsp3) is 0.450. The van der Waals surface area contributed by atoms with Crippen LogP contribution in [0.3, 0.4) is 0 Å². The van der Waals surface area contributed by atoms with Gasteiger partial charge >= 0.3 is 0 Å². The quantitative estimate of drug-likeness (QED) is 0.680. The predicted octanol–water partition coefficient (Wildman–Crippen LogP) is 2.30. The summed E-state index contributed by atoms with van der Waals surface area (Å²) in [7, 11) is 0. The Morgan fingerprint density at radius 1 is 1.32 bits per heavy atom. The molecule has 1 amide bonds. The van der Waals surface area contributed by atoms with Crippen LogP contribution in [0, 0.1) is 26.7 Å². The Morgan fingerprint density at radius 3 is 2.86 bits per heavy atom. The van der Waals surface area contributed by atoms with Crippen molar-refractivity contribution in [1.82, 2.24) is 25.7 Å². The standard InChI is InChI=1S/C20H27N7O/c1-12-6-5-8-21-17(12)15(4)26-20(28)19-25-14(3)13(2)18(27-19)22-9-7-16-10-23-24-11-16/h5-6,8,10,15-16,24H,7,9,11H2,1-4H3,(H,26,28)(H,22,25,27)/t15-,16?/m1/s1. The average molecular weight is 381 g/mol. The van der Waals surface area contributed by atoms with Gasteiger partial charge in [0.1, 0.15) is 5.82 Å². The molecule has 8 heteroatoms. The number of nitrogens with zero attached hydrogens (tertiary/aromatic N) is 4. The number of hydrazone groups is 1. The van der Waals surface area contributed by atoms with E-state index in [0.29, 0.717) is 11.7 Å². The molecule has 0 saturated heterocycles. The van der Waals surface area contributed by atoms with Crippen molar-refractivity contribution in [2.24, 2.45) is 11.0 Å². The molecule has 0 aliphatic carbocycles. The van der Waals surface area contributed by atoms with Crippen molar-refractivity contribution in [3.05, 3.63) is 46.7 Å². The molecule has 0 saturated carbocycles. The van der Waals surface area contributed by atoms with Gasteiger partial charge in [-0.2, -0.15) is 5.10 Å². The first kappa shape index (κ1) is 19.7. The lowest BCUT2D eigenvalue weighted by Gasteiger charge is -2.16. The molecule has 0 radical (unpaired) electrons. The molecule has 2 atom stereocenters. The number of aryl methyl sites for hydroxylation is 2. The molecule has 3 N–H and O–H groups in total. The smallest absolute Gasteiger partial charge is 0.289 e. The zero-order chi connectivity index (χ0) is 20.1. The van der Waals surface area contributed by atoms with Gasteiger partial charge in [-0.15, -0.1) is 0 Å². The van der Waals surface area contributed by atoms with Gasteiger partial charge in [-0.1, -0.05) is 6.07 Å². The Labute approximate surface area is 165 Å². The molecule has 2 aromatic rings. The second-order valence-electron chi connectivity index (χ2n) is 7.12. The molecule has 0 spiro atoms. The van der Waals surface area contributed by atoms with Gasteiger partial charge in [0.15, 0.2) is 0 Å². The number of hydrogen-bond donors (Lipinski definition) is 3. The molecular weight excluding hydrogens is 354 g/mol. The van der Waals surface area contributed by atoms with Crippen LogP contribution in [0.4, 0.5) is 5.82 Å². The maximum absolute atomic E-state index is 12.7. The SMILES string of the molecule is Cc1cccnc1[C@@H](C)NC(=O)c1nc(C)c(C)c(NCCC2C=NNC2)n1. The number of anilines is 1. The van der Waals surface area contributed by atoms with E-state index in [4.69, 9.17) is 0 Å². The van der Waals surface area contributed by atoms with Gasteiger partial charge in [0.05, 0.1) is 11.7 Å². The van der Waals surface area contributed by atoms with Crippen molar-refractivity contribution in [3.8, 4) is 0 Å². The topological polar surface area (TPSA) is 104 Å². The minimum Gasteiger partial charge on any atom is -0.370 e. The van der Waals surface area contributed by atoms with E-state index in [1.165, 1.54) is 0 Å². The summed E-state index contributed by atoms with van der Waals surface area (Å²) in [6.07, 6.45) is 4.60. The molecule has 1 aliphatic rings. The summed E-state index contributed by atoms with van der Waals surface area (Å²) in [5, 5.41) is 10.3. The van der Waals surface area contributed by atoms with Crippen LogP contribution in [0.1, 0.15) is 52.5 Å². The number of carbonyl (C=O) groups excluding carboxylic acids is 1. The predicted molar refractivity (Wildman–Crippen MR) is 109 cm³/mol. The number of amides is 1. The number of aromatic nitrogens is 3. The highest BCUT2D eigenvalue weighted by molar-refractivity contribution is 5.91. The fourth-order valence-electron chi connectivity index (χ4n) is 3.12. The van der Waals surface area contributed by atoms with E-state index in [1.54, 1.807) is 6.20 Å². The molecular formula is C20H27N7O. The summed E-state index contributed by atoms with van der Waals surface area (Å²) in [6, 6.07) is 3.62. The third-order valence-electron chi connectivity index (χ3n) is 4.94. The van der Waals surface area contributed by atoms with E-state index in [1.807, 2.05) is 46.0 Å². The lowest BCUT2D eigenvalue weighted by Crippen LogP contribution is -2.30. The maximum Gasteiger partial charge on any atom is 0.289 e. The number of hydrogen-bond acceptors (Lipinski definition) is 7. The van der Waals surface area contributed by atoms with Crippen molar-refractivity contribution < 1.29 is 4.79 Å². The van der Waals surface area contributed by atoms with Gasteiger partial charge < -0.3 is 16.1 Å². The summed E-state index contributed by atoms with van der Waals surface area (Å²) in [5.41, 5.74) is 6.56. The van der Waals surface area contributed by atoms with E-state index in [9.17, 15) is 4.79 Å². The zero-order valence-corrected chi connectivity index (χ0v) is 16.8. The molecule has 0 fully saturated rings. The molecule has 3 heterocycles. The monoisotopic (exact) mass is 381 g/mol. The number of carbonyl (C=O) groups is 1. The number of pyridine rings is 1. The number of rotatable bonds is 7. The van der Waals surface area contributed by atoms with E-state index in [2.05, 4.69) is 36.1 Å². The normalized spacial score (nSPS) is 16.5. The van der Waals surface area contributed by atoms with E-state index < -0.39 is 0 Å². The molecule has 2 aromatic heterocycles. The Hall–Kier alpha value is -3.03. The van der Waals surface area contributed by atoms with Crippen LogP contribution in [0.15, 0.2) is 23.4 Å². The van der Waals surface area contributed by atoms with Crippen LogP contribution < -0.4 is 16.1 Å². The molecule has 148 valence electrons. The summed E-state index contributed by atoms with van der Waals surface area (Å²) in [4.78, 5) is 25.9. The third-order valence-corrected chi connectivity index (χ3v) is 4.94. The van der Waals surface area contributed by atoms with E-state index >= 15 is 0 Å². The molecule has 3 rings (SSSR count). The van der Waals surface area contributed by atoms with Crippen LogP contribution in [0.25, 0.3) is 0 Å². The minimum atomic E-state index is -0.309. The summed E-state index contributed by atoms with van der Waals surface area (Å²) in [5.74, 6) is 0.967. The Bertz CT molecular complexity index is 881. The maximum atomic E-state index is 12.7. The van der Waals surface area contributed by atoms with Gasteiger partial charge in [-0.05, 0) is 45.7 Å². The molecule has 1 unspecified atom stereocenters. The van der Waals surface area contributed by atoms with Crippen LogP contribution in [-0.2, 0) is 0 Å². The Balaban J connectivity index is 1.68. The van der Waals surface area contributed by atoms with E-state index in [-0.39, 0.29) is 17.8 Å². The Kier molecular flexibility index (Phi) is 6.18. The van der Waals surface area contributed by atoms with Gasteiger partial charge in [-0.3, -0.25) is 9.78 Å². The molecule has 1 aliphatic heterocycles. The van der Waals surface area contributed by atoms with Gasteiger partial charge in [0.2, 0.25) is 5.82 Å². The summed E-state index contributed by atoms with van der Waals surface area (Å²) < 4.78 is 0. The second-order valence-corrected chi connectivity index (χ2v) is 7.12. The minimum absolute atomic E-state index is 0.162. The van der Waals surface area contributed by atoms with Gasteiger partial charge in [-0.25, -0.2) is 9.97 Å². The zero-order valence-electron chi connectivity index (χ0n) is 16.8. The highest BCUT2D eigenvalue weighted by atomic mass is 16.2. The van der Waals surface area contributed by atoms with Crippen LogP contribution >= 0.6 is 0 Å². The lowest BCUT2D eigenvalue weighted by molar-refractivity contribution is 0.0928. The van der Waals surface area contributed by atoms with Crippen molar-refractivity contribution in [1.29, 1.82) is 0 Å². The molecule has 8 nitrogen and oxygen atoms in total. The molecule has 0 bridgehead atoms. The highest BCUT2D eigenvalue weighted by Gasteiger charge is 2.19. The van der Waals surface area contributed by atoms with Crippen molar-refractivity contribution >= 4 is 17.9 Å². The van der Waals surface area contributed by atoms with Crippen LogP contribution in [0.2, 0.25) is 0 Å². The second kappa shape index (κ2) is 8.77. The fourth-order valence-corrected chi connectivity index (χ4v) is 3.12. The average Bonchev–Trinajstić information content (AvgIpc) is 3.18. The third kappa shape index (κ3) is 4.62. The first-order valence-corrected chi connectivity index (χ1v) is 9.53. The summed E-state index contributed by atoms with van der Waals surface area (Å²) >= 11 is 0. The first-order valence-electron chi connectivity index (χ1n) is 9.53. The largest absolute Gasteiger partial charge is 0.370 e. The molecule has 0 aromatic carbocycles. The van der Waals surface area contributed by atoms with Crippen LogP contribution in [0.5, 0.6) is 0 Å². The van der Waals surface area contributed by atoms with Crippen molar-refractivity contribution in [2.75, 3.05) is 18.4 Å². The summed E-state index contributed by atoms with van der Waals surface area (Å²) in [6.45, 7) is 9.34. The van der Waals surface area contributed by atoms with Gasteiger partial charge in [0.25, 0.3) is 5.91 Å². The molecule has 28 heavy (non-hydrogen) atoms. The lowest BCUT2D eigenvalue weighted by atomic mass is 10.1. The van der Waals surface area contributed by atoms with Crippen molar-refractivity contribution in [3.63, 3.8) is 0 Å². The number of nitrogens with one attached hydrogen (secondary N) is 3. The van der Waals surface area contributed by atoms with E-state index in [0.717, 1.165) is 42.0 Å². The van der Waals surface area contributed by atoms with Gasteiger partial charge in [0, 0.05) is 42.7 Å². The Morgan fingerprint density at radius 2 is 2.14 bits per heavy atom. The highest BCUT2D eigenvalue weighted by Crippen LogP contribution is 2.17. The first-order chi connectivity index (χ1) is 13.5. The van der Waals surface area contributed by atoms with Crippen molar-refractivity contribution in [2.45, 2.75) is 40.2 Å².